The molecule has 0 atom stereocenters. The Hall–Kier alpha value is -0.770. The van der Waals surface area contributed by atoms with Gasteiger partial charge < -0.3 is 5.73 Å². The van der Waals surface area contributed by atoms with Crippen LogP contribution in [-0.2, 0) is 0 Å². The molecule has 0 aromatic heterocycles. The van der Waals surface area contributed by atoms with E-state index in [1.807, 2.05) is 5.43 Å². The quantitative estimate of drug-likeness (QED) is 0.177. The maximum absolute atomic E-state index is 6.28. The van der Waals surface area contributed by atoms with Crippen LogP contribution in [0.2, 0.25) is 0 Å². The van der Waals surface area contributed by atoms with E-state index in [1.165, 1.54) is 12.8 Å². The average Bonchev–Trinajstić information content (AvgIpc) is 1.89. The minimum absolute atomic E-state index is 0.218. The normalized spacial score (nSPS) is 7.00. The molecule has 0 aromatic rings. The predicted octanol–water partition coefficient (Wildman–Crippen LogP) is 0.150. The molecule has 0 rings (SSSR count). The zero-order valence-electron chi connectivity index (χ0n) is 6.07. The van der Waals surface area contributed by atoms with E-state index in [-0.39, 0.29) is 5.96 Å². The lowest BCUT2D eigenvalue weighted by molar-refractivity contribution is 0.886. The lowest BCUT2D eigenvalue weighted by atomic mass is 10.4. The second-order valence-electron chi connectivity index (χ2n) is 1.56. The molecule has 4 nitrogen and oxygen atoms in total. The SMILES string of the molecule is CCCC.N=C(N)NN. The molecule has 0 amide bonds. The third-order valence-corrected chi connectivity index (χ3v) is 0.656. The summed E-state index contributed by atoms with van der Waals surface area (Å²) in [7, 11) is 0. The van der Waals surface area contributed by atoms with Gasteiger partial charge in [0.25, 0.3) is 0 Å². The van der Waals surface area contributed by atoms with E-state index in [1.54, 1.807) is 0 Å². The maximum Gasteiger partial charge on any atom is 0.200 e. The zero-order valence-corrected chi connectivity index (χ0v) is 6.07. The second-order valence-corrected chi connectivity index (χ2v) is 1.56. The molecule has 0 aliphatic carbocycles. The van der Waals surface area contributed by atoms with Gasteiger partial charge in [0.1, 0.15) is 0 Å². The van der Waals surface area contributed by atoms with Crippen LogP contribution in [0.25, 0.3) is 0 Å². The van der Waals surface area contributed by atoms with Crippen LogP contribution in [0.5, 0.6) is 0 Å². The Bertz CT molecular complexity index is 60.0. The van der Waals surface area contributed by atoms with Gasteiger partial charge >= 0.3 is 0 Å². The molecule has 56 valence electrons. The molecule has 4 heteroatoms. The fraction of sp³-hybridized carbons (Fsp3) is 0.800. The Morgan fingerprint density at radius 2 is 1.67 bits per heavy atom. The van der Waals surface area contributed by atoms with Crippen molar-refractivity contribution in [3.63, 3.8) is 0 Å². The highest BCUT2D eigenvalue weighted by molar-refractivity contribution is 5.73. The van der Waals surface area contributed by atoms with Gasteiger partial charge in [0.2, 0.25) is 0 Å². The molecule has 0 spiro atoms. The summed E-state index contributed by atoms with van der Waals surface area (Å²) in [5.41, 5.74) is 6.53. The van der Waals surface area contributed by atoms with Gasteiger partial charge in [-0.15, -0.1) is 0 Å². The van der Waals surface area contributed by atoms with Crippen molar-refractivity contribution in [1.82, 2.24) is 5.43 Å². The van der Waals surface area contributed by atoms with Gasteiger partial charge in [0, 0.05) is 0 Å². The molecule has 6 N–H and O–H groups in total. The number of rotatable bonds is 1. The van der Waals surface area contributed by atoms with Gasteiger partial charge in [-0.3, -0.25) is 10.8 Å². The summed E-state index contributed by atoms with van der Waals surface area (Å²) in [6.07, 6.45) is 2.64. The molecule has 0 heterocycles. The lowest BCUT2D eigenvalue weighted by Gasteiger charge is -1.85. The zero-order chi connectivity index (χ0) is 7.70. The third kappa shape index (κ3) is 39.8. The predicted molar refractivity (Wildman–Crippen MR) is 39.8 cm³/mol. The first kappa shape index (κ1) is 11.1. The van der Waals surface area contributed by atoms with Crippen LogP contribution in [0.1, 0.15) is 26.7 Å². The first-order chi connectivity index (χ1) is 4.18. The molecular weight excluding hydrogens is 116 g/mol. The summed E-state index contributed by atoms with van der Waals surface area (Å²) in [6, 6.07) is 0. The molecule has 0 fully saturated rings. The molecule has 0 unspecified atom stereocenters. The Morgan fingerprint density at radius 1 is 1.44 bits per heavy atom. The Labute approximate surface area is 56.1 Å². The van der Waals surface area contributed by atoms with Crippen molar-refractivity contribution in [3.05, 3.63) is 0 Å². The third-order valence-electron chi connectivity index (χ3n) is 0.656. The van der Waals surface area contributed by atoms with Crippen LogP contribution in [0.4, 0.5) is 0 Å². The minimum Gasteiger partial charge on any atom is -0.369 e. The fourth-order valence-electron chi connectivity index (χ4n) is 0. The average molecular weight is 132 g/mol. The van der Waals surface area contributed by atoms with E-state index in [2.05, 4.69) is 25.4 Å². The topological polar surface area (TPSA) is 87.9 Å². The van der Waals surface area contributed by atoms with Gasteiger partial charge in [-0.05, 0) is 0 Å². The fourth-order valence-corrected chi connectivity index (χ4v) is 0. The van der Waals surface area contributed by atoms with Crippen LogP contribution in [0.3, 0.4) is 0 Å². The summed E-state index contributed by atoms with van der Waals surface area (Å²) in [4.78, 5) is 0. The van der Waals surface area contributed by atoms with Crippen molar-refractivity contribution in [1.29, 1.82) is 5.41 Å². The Morgan fingerprint density at radius 3 is 1.67 bits per heavy atom. The number of nitrogens with one attached hydrogen (secondary N) is 2. The summed E-state index contributed by atoms with van der Waals surface area (Å²) < 4.78 is 0. The van der Waals surface area contributed by atoms with Crippen LogP contribution in [0, 0.1) is 5.41 Å². The van der Waals surface area contributed by atoms with Crippen molar-refractivity contribution in [2.24, 2.45) is 11.6 Å². The highest BCUT2D eigenvalue weighted by Crippen LogP contribution is 1.76. The van der Waals surface area contributed by atoms with Gasteiger partial charge in [-0.2, -0.15) is 0 Å². The lowest BCUT2D eigenvalue weighted by Crippen LogP contribution is -2.35. The van der Waals surface area contributed by atoms with Crippen molar-refractivity contribution in [2.45, 2.75) is 26.7 Å². The van der Waals surface area contributed by atoms with Crippen LogP contribution >= 0.6 is 0 Å². The molecule has 0 bridgehead atoms. The highest BCUT2D eigenvalue weighted by atomic mass is 15.3. The van der Waals surface area contributed by atoms with E-state index < -0.39 is 0 Å². The largest absolute Gasteiger partial charge is 0.369 e. The molecular formula is C5H16N4. The molecule has 0 saturated carbocycles. The Balaban J connectivity index is 0. The molecule has 9 heavy (non-hydrogen) atoms. The van der Waals surface area contributed by atoms with Gasteiger partial charge in [0.05, 0.1) is 0 Å². The number of hydrogen-bond acceptors (Lipinski definition) is 2. The standard InChI is InChI=1S/C4H10.CH6N4/c1-3-4-2;2-1(3)5-4/h3-4H2,1-2H3;4H2,(H4,2,3,5). The molecule has 0 radical (unpaired) electrons. The number of nitrogens with two attached hydrogens (primary N) is 2. The number of hydrogen-bond donors (Lipinski definition) is 4. The smallest absolute Gasteiger partial charge is 0.200 e. The maximum atomic E-state index is 6.28. The van der Waals surface area contributed by atoms with Crippen LogP contribution < -0.4 is 17.0 Å². The van der Waals surface area contributed by atoms with Crippen molar-refractivity contribution >= 4 is 5.96 Å². The van der Waals surface area contributed by atoms with E-state index >= 15 is 0 Å². The first-order valence-electron chi connectivity index (χ1n) is 2.99. The summed E-state index contributed by atoms with van der Waals surface area (Å²) in [6.45, 7) is 4.36. The highest BCUT2D eigenvalue weighted by Gasteiger charge is 1.66. The molecule has 0 saturated heterocycles. The summed E-state index contributed by atoms with van der Waals surface area (Å²) in [5, 5.41) is 6.28. The van der Waals surface area contributed by atoms with E-state index in [9.17, 15) is 0 Å². The monoisotopic (exact) mass is 132 g/mol. The first-order valence-corrected chi connectivity index (χ1v) is 2.99. The van der Waals surface area contributed by atoms with Gasteiger partial charge in [0.15, 0.2) is 5.96 Å². The van der Waals surface area contributed by atoms with E-state index in [0.717, 1.165) is 0 Å². The van der Waals surface area contributed by atoms with E-state index in [0.29, 0.717) is 0 Å². The Kier molecular flexibility index (Phi) is 12.6. The van der Waals surface area contributed by atoms with Gasteiger partial charge in [-0.1, -0.05) is 26.7 Å². The van der Waals surface area contributed by atoms with Crippen molar-refractivity contribution in [2.75, 3.05) is 0 Å². The molecule has 0 aromatic carbocycles. The minimum atomic E-state index is -0.218. The second kappa shape index (κ2) is 10.3. The van der Waals surface area contributed by atoms with Crippen molar-refractivity contribution < 1.29 is 0 Å². The van der Waals surface area contributed by atoms with Gasteiger partial charge in [-0.25, -0.2) is 5.84 Å². The number of unbranched alkanes of at least 4 members (excludes halogenated alkanes) is 1. The number of guanidine groups is 1. The van der Waals surface area contributed by atoms with Crippen LogP contribution in [-0.4, -0.2) is 5.96 Å². The molecule has 0 aliphatic rings. The summed E-state index contributed by atoms with van der Waals surface area (Å²) >= 11 is 0. The molecule has 0 aliphatic heterocycles. The number of hydrazine groups is 1. The van der Waals surface area contributed by atoms with Crippen LogP contribution in [0.15, 0.2) is 0 Å². The summed E-state index contributed by atoms with van der Waals surface area (Å²) in [5.74, 6) is 4.35. The van der Waals surface area contributed by atoms with E-state index in [4.69, 9.17) is 5.41 Å². The van der Waals surface area contributed by atoms with Crippen molar-refractivity contribution in [3.8, 4) is 0 Å².